The maximum absolute atomic E-state index is 3.21. The Hall–Kier alpha value is -1.98. The highest BCUT2D eigenvalue weighted by Gasteiger charge is 1.97. The van der Waals surface area contributed by atoms with Crippen molar-refractivity contribution >= 4 is 21.4 Å². The number of nitrogens with one attached hydrogen (secondary N) is 1. The molecule has 0 aliphatic rings. The van der Waals surface area contributed by atoms with E-state index in [4.69, 9.17) is 0 Å². The third-order valence-electron chi connectivity index (χ3n) is 2.58. The summed E-state index contributed by atoms with van der Waals surface area (Å²) >= 11 is 1.74. The molecule has 1 N–H and O–H groups in total. The summed E-state index contributed by atoms with van der Waals surface area (Å²) in [6.45, 7) is 2.03. The van der Waals surface area contributed by atoms with Crippen molar-refractivity contribution in [3.05, 3.63) is 58.7 Å². The molecule has 0 atom stereocenters. The summed E-state index contributed by atoms with van der Waals surface area (Å²) in [6.07, 6.45) is 1.94. The standard InChI is InChI=1S/C15H11NS/c1-11-8-12(10-16-11)6-7-14-9-13-4-2-3-5-15(13)17-14/h2-5,8-10,16H,1H3. The summed E-state index contributed by atoms with van der Waals surface area (Å²) in [5.74, 6) is 6.38. The summed E-state index contributed by atoms with van der Waals surface area (Å²) in [4.78, 5) is 4.25. The number of benzene rings is 1. The minimum atomic E-state index is 1.04. The van der Waals surface area contributed by atoms with Gasteiger partial charge in [-0.3, -0.25) is 0 Å². The van der Waals surface area contributed by atoms with Crippen LogP contribution >= 0.6 is 11.3 Å². The van der Waals surface area contributed by atoms with Gasteiger partial charge in [0.05, 0.1) is 4.88 Å². The molecule has 0 spiro atoms. The van der Waals surface area contributed by atoms with Crippen LogP contribution in [0.2, 0.25) is 0 Å². The molecule has 0 aliphatic carbocycles. The monoisotopic (exact) mass is 237 g/mol. The highest BCUT2D eigenvalue weighted by molar-refractivity contribution is 7.19. The molecule has 0 radical (unpaired) electrons. The van der Waals surface area contributed by atoms with E-state index in [2.05, 4.69) is 53.2 Å². The first kappa shape index (κ1) is 10.2. The Morgan fingerprint density at radius 3 is 2.76 bits per heavy atom. The number of rotatable bonds is 0. The van der Waals surface area contributed by atoms with E-state index in [1.54, 1.807) is 11.3 Å². The summed E-state index contributed by atoms with van der Waals surface area (Å²) in [5, 5.41) is 1.27. The van der Waals surface area contributed by atoms with Gasteiger partial charge in [-0.15, -0.1) is 11.3 Å². The lowest BCUT2D eigenvalue weighted by atomic mass is 10.2. The van der Waals surface area contributed by atoms with Crippen LogP contribution in [0.25, 0.3) is 10.1 Å². The Morgan fingerprint density at radius 1 is 1.12 bits per heavy atom. The molecule has 1 aromatic carbocycles. The van der Waals surface area contributed by atoms with Gasteiger partial charge in [0, 0.05) is 22.2 Å². The maximum atomic E-state index is 3.21. The fourth-order valence-corrected chi connectivity index (χ4v) is 2.67. The zero-order chi connectivity index (χ0) is 11.7. The molecule has 0 saturated heterocycles. The van der Waals surface area contributed by atoms with Crippen molar-refractivity contribution in [2.75, 3.05) is 0 Å². The predicted octanol–water partition coefficient (Wildman–Crippen LogP) is 3.94. The Balaban J connectivity index is 1.97. The minimum absolute atomic E-state index is 1.04. The second kappa shape index (κ2) is 4.12. The first-order valence-corrected chi connectivity index (χ1v) is 6.28. The van der Waals surface area contributed by atoms with Gasteiger partial charge >= 0.3 is 0 Å². The number of hydrogen-bond donors (Lipinski definition) is 1. The van der Waals surface area contributed by atoms with Gasteiger partial charge in [-0.25, -0.2) is 0 Å². The molecular weight excluding hydrogens is 226 g/mol. The van der Waals surface area contributed by atoms with Crippen molar-refractivity contribution in [3.8, 4) is 11.8 Å². The number of hydrogen-bond acceptors (Lipinski definition) is 1. The van der Waals surface area contributed by atoms with Gasteiger partial charge in [-0.2, -0.15) is 0 Å². The van der Waals surface area contributed by atoms with E-state index in [0.29, 0.717) is 0 Å². The second-order valence-corrected chi connectivity index (χ2v) is 5.05. The van der Waals surface area contributed by atoms with Crippen molar-refractivity contribution in [1.82, 2.24) is 4.98 Å². The van der Waals surface area contributed by atoms with Crippen molar-refractivity contribution in [3.63, 3.8) is 0 Å². The average molecular weight is 237 g/mol. The van der Waals surface area contributed by atoms with Crippen LogP contribution in [-0.2, 0) is 0 Å². The molecule has 17 heavy (non-hydrogen) atoms. The molecule has 0 bridgehead atoms. The van der Waals surface area contributed by atoms with Gasteiger partial charge in [-0.1, -0.05) is 30.0 Å². The van der Waals surface area contributed by atoms with Gasteiger partial charge in [0.1, 0.15) is 0 Å². The molecule has 82 valence electrons. The first-order valence-electron chi connectivity index (χ1n) is 5.47. The van der Waals surface area contributed by atoms with E-state index in [0.717, 1.165) is 16.1 Å². The molecule has 0 saturated carbocycles. The summed E-state index contributed by atoms with van der Waals surface area (Å²) in [6, 6.07) is 12.6. The molecular formula is C15H11NS. The summed E-state index contributed by atoms with van der Waals surface area (Å²) in [7, 11) is 0. The van der Waals surface area contributed by atoms with Crippen molar-refractivity contribution in [2.45, 2.75) is 6.92 Å². The van der Waals surface area contributed by atoms with E-state index in [-0.39, 0.29) is 0 Å². The third kappa shape index (κ3) is 2.11. The molecule has 0 unspecified atom stereocenters. The number of aromatic amines is 1. The lowest BCUT2D eigenvalue weighted by Gasteiger charge is -1.82. The lowest BCUT2D eigenvalue weighted by Crippen LogP contribution is -1.65. The van der Waals surface area contributed by atoms with E-state index in [1.165, 1.54) is 10.1 Å². The van der Waals surface area contributed by atoms with Crippen LogP contribution in [-0.4, -0.2) is 4.98 Å². The molecule has 2 aromatic heterocycles. The Kier molecular flexibility index (Phi) is 2.47. The fourth-order valence-electron chi connectivity index (χ4n) is 1.76. The van der Waals surface area contributed by atoms with Gasteiger partial charge in [0.2, 0.25) is 0 Å². The van der Waals surface area contributed by atoms with Crippen LogP contribution in [0.15, 0.2) is 42.6 Å². The molecule has 0 amide bonds. The number of H-pyrrole nitrogens is 1. The number of fused-ring (bicyclic) bond motifs is 1. The van der Waals surface area contributed by atoms with Crippen LogP contribution in [0, 0.1) is 18.8 Å². The lowest BCUT2D eigenvalue weighted by molar-refractivity contribution is 1.27. The van der Waals surface area contributed by atoms with Gasteiger partial charge < -0.3 is 4.98 Å². The van der Waals surface area contributed by atoms with E-state index in [9.17, 15) is 0 Å². The highest BCUT2D eigenvalue weighted by Crippen LogP contribution is 2.24. The molecule has 0 aliphatic heterocycles. The van der Waals surface area contributed by atoms with Crippen LogP contribution in [0.4, 0.5) is 0 Å². The minimum Gasteiger partial charge on any atom is -0.364 e. The zero-order valence-electron chi connectivity index (χ0n) is 9.45. The molecule has 3 aromatic rings. The average Bonchev–Trinajstić information content (AvgIpc) is 2.91. The maximum Gasteiger partial charge on any atom is 0.0784 e. The van der Waals surface area contributed by atoms with Crippen molar-refractivity contribution < 1.29 is 0 Å². The van der Waals surface area contributed by atoms with Crippen LogP contribution in [0.3, 0.4) is 0 Å². The topological polar surface area (TPSA) is 15.8 Å². The van der Waals surface area contributed by atoms with Crippen molar-refractivity contribution in [1.29, 1.82) is 0 Å². The van der Waals surface area contributed by atoms with Gasteiger partial charge in [-0.05, 0) is 30.5 Å². The van der Waals surface area contributed by atoms with Crippen LogP contribution in [0.5, 0.6) is 0 Å². The van der Waals surface area contributed by atoms with Crippen LogP contribution in [0.1, 0.15) is 16.1 Å². The van der Waals surface area contributed by atoms with E-state index >= 15 is 0 Å². The van der Waals surface area contributed by atoms with Gasteiger partial charge in [0.15, 0.2) is 0 Å². The van der Waals surface area contributed by atoms with E-state index in [1.807, 2.05) is 13.1 Å². The predicted molar refractivity (Wildman–Crippen MR) is 73.3 cm³/mol. The molecule has 3 rings (SSSR count). The molecule has 2 heteroatoms. The Morgan fingerprint density at radius 2 is 2.00 bits per heavy atom. The third-order valence-corrected chi connectivity index (χ3v) is 3.61. The van der Waals surface area contributed by atoms with Crippen molar-refractivity contribution in [2.24, 2.45) is 0 Å². The Labute approximate surface area is 104 Å². The largest absolute Gasteiger partial charge is 0.364 e. The number of aryl methyl sites for hydroxylation is 1. The first-order chi connectivity index (χ1) is 8.31. The molecule has 1 nitrogen and oxygen atoms in total. The number of thiophene rings is 1. The smallest absolute Gasteiger partial charge is 0.0784 e. The molecule has 2 heterocycles. The van der Waals surface area contributed by atoms with Crippen LogP contribution < -0.4 is 0 Å². The second-order valence-electron chi connectivity index (χ2n) is 3.97. The fraction of sp³-hybridized carbons (Fsp3) is 0.0667. The number of aromatic nitrogens is 1. The SMILES string of the molecule is Cc1cc(C#Cc2cc3ccccc3s2)c[nH]1. The quantitative estimate of drug-likeness (QED) is 0.570. The highest BCUT2D eigenvalue weighted by atomic mass is 32.1. The normalized spacial score (nSPS) is 10.2. The Bertz CT molecular complexity index is 689. The summed E-state index contributed by atoms with van der Waals surface area (Å²) < 4.78 is 1.29. The van der Waals surface area contributed by atoms with Gasteiger partial charge in [0.25, 0.3) is 0 Å². The van der Waals surface area contributed by atoms with E-state index < -0.39 is 0 Å². The molecule has 0 fully saturated rings. The zero-order valence-corrected chi connectivity index (χ0v) is 10.3. The summed E-state index contributed by atoms with van der Waals surface area (Å²) in [5.41, 5.74) is 2.19.